The monoisotopic (exact) mass is 235 g/mol. The quantitative estimate of drug-likeness (QED) is 0.796. The van der Waals surface area contributed by atoms with Crippen molar-refractivity contribution in [2.45, 2.75) is 45.2 Å². The van der Waals surface area contributed by atoms with Crippen molar-refractivity contribution in [3.05, 3.63) is 35.9 Å². The Hall–Kier alpha value is -0.900. The number of ether oxygens (including phenoxy) is 2. The van der Waals surface area contributed by atoms with Crippen LogP contribution < -0.4 is 5.32 Å². The molecule has 1 aromatic rings. The molecule has 0 spiro atoms. The van der Waals surface area contributed by atoms with E-state index in [1.807, 2.05) is 25.1 Å². The van der Waals surface area contributed by atoms with Gasteiger partial charge in [0.2, 0.25) is 0 Å². The van der Waals surface area contributed by atoms with E-state index in [2.05, 4.69) is 17.4 Å². The lowest BCUT2D eigenvalue weighted by Gasteiger charge is -2.26. The Balaban J connectivity index is 1.68. The van der Waals surface area contributed by atoms with E-state index in [-0.39, 0.29) is 12.5 Å². The maximum absolute atomic E-state index is 5.78. The Morgan fingerprint density at radius 3 is 2.88 bits per heavy atom. The van der Waals surface area contributed by atoms with E-state index in [1.165, 1.54) is 12.0 Å². The summed E-state index contributed by atoms with van der Waals surface area (Å²) in [5.74, 6) is 0. The van der Waals surface area contributed by atoms with E-state index in [0.717, 1.165) is 26.0 Å². The fourth-order valence-corrected chi connectivity index (χ4v) is 1.95. The number of rotatable bonds is 5. The van der Waals surface area contributed by atoms with Crippen LogP contribution in [0.3, 0.4) is 0 Å². The summed E-state index contributed by atoms with van der Waals surface area (Å²) in [6.07, 6.45) is 3.37. The molecule has 0 bridgehead atoms. The van der Waals surface area contributed by atoms with Gasteiger partial charge in [-0.3, -0.25) is 5.32 Å². The molecule has 0 radical (unpaired) electrons. The summed E-state index contributed by atoms with van der Waals surface area (Å²) in [7, 11) is 0. The minimum atomic E-state index is -0.0259. The van der Waals surface area contributed by atoms with Gasteiger partial charge in [0.05, 0.1) is 0 Å². The van der Waals surface area contributed by atoms with Crippen molar-refractivity contribution in [2.75, 3.05) is 6.61 Å². The third-order valence-electron chi connectivity index (χ3n) is 2.93. The summed E-state index contributed by atoms with van der Waals surface area (Å²) >= 11 is 0. The van der Waals surface area contributed by atoms with Gasteiger partial charge >= 0.3 is 0 Å². The highest BCUT2D eigenvalue weighted by molar-refractivity contribution is 5.14. The standard InChI is InChI=1S/C14H21NO2/c1-12(17-14-9-5-6-10-16-14)15-11-13-7-3-2-4-8-13/h2-4,7-8,12,14-15H,5-6,9-11H2,1H3/t12-,14-/m1/s1. The lowest BCUT2D eigenvalue weighted by Crippen LogP contribution is -2.35. The first kappa shape index (κ1) is 12.6. The summed E-state index contributed by atoms with van der Waals surface area (Å²) in [6, 6.07) is 10.3. The number of benzene rings is 1. The third kappa shape index (κ3) is 4.46. The van der Waals surface area contributed by atoms with E-state index in [0.29, 0.717) is 0 Å². The smallest absolute Gasteiger partial charge is 0.159 e. The maximum Gasteiger partial charge on any atom is 0.159 e. The lowest BCUT2D eigenvalue weighted by atomic mass is 10.2. The lowest BCUT2D eigenvalue weighted by molar-refractivity contribution is -0.190. The van der Waals surface area contributed by atoms with Crippen LogP contribution in [-0.2, 0) is 16.0 Å². The molecule has 1 saturated heterocycles. The molecule has 1 aromatic carbocycles. The van der Waals surface area contributed by atoms with Crippen LogP contribution in [-0.4, -0.2) is 19.1 Å². The predicted octanol–water partition coefficient (Wildman–Crippen LogP) is 2.67. The Morgan fingerprint density at radius 2 is 2.18 bits per heavy atom. The Kier molecular flexibility index (Phi) is 4.98. The minimum Gasteiger partial charge on any atom is -0.353 e. The zero-order chi connectivity index (χ0) is 11.9. The van der Waals surface area contributed by atoms with Crippen LogP contribution in [0.15, 0.2) is 30.3 Å². The molecule has 0 aromatic heterocycles. The van der Waals surface area contributed by atoms with Gasteiger partial charge in [0.1, 0.15) is 6.23 Å². The highest BCUT2D eigenvalue weighted by atomic mass is 16.7. The van der Waals surface area contributed by atoms with Gasteiger partial charge in [0.15, 0.2) is 6.29 Å². The molecule has 1 heterocycles. The van der Waals surface area contributed by atoms with E-state index in [9.17, 15) is 0 Å². The van der Waals surface area contributed by atoms with Gasteiger partial charge in [0.25, 0.3) is 0 Å². The Morgan fingerprint density at radius 1 is 1.35 bits per heavy atom. The molecule has 0 amide bonds. The van der Waals surface area contributed by atoms with Gasteiger partial charge in [-0.1, -0.05) is 30.3 Å². The fraction of sp³-hybridized carbons (Fsp3) is 0.571. The van der Waals surface area contributed by atoms with Gasteiger partial charge in [-0.05, 0) is 31.7 Å². The molecule has 3 heteroatoms. The van der Waals surface area contributed by atoms with Crippen molar-refractivity contribution in [1.82, 2.24) is 5.32 Å². The molecule has 1 aliphatic rings. The summed E-state index contributed by atoms with van der Waals surface area (Å²) in [4.78, 5) is 0. The van der Waals surface area contributed by atoms with Crippen LogP contribution in [0.5, 0.6) is 0 Å². The third-order valence-corrected chi connectivity index (χ3v) is 2.93. The maximum atomic E-state index is 5.78. The molecule has 2 atom stereocenters. The summed E-state index contributed by atoms with van der Waals surface area (Å²) in [6.45, 7) is 3.69. The molecule has 0 aliphatic carbocycles. The van der Waals surface area contributed by atoms with Crippen LogP contribution in [0, 0.1) is 0 Å². The first-order chi connectivity index (χ1) is 8.34. The second kappa shape index (κ2) is 6.74. The van der Waals surface area contributed by atoms with Crippen LogP contribution >= 0.6 is 0 Å². The largest absolute Gasteiger partial charge is 0.353 e. The minimum absolute atomic E-state index is 0.0259. The van der Waals surface area contributed by atoms with Gasteiger partial charge in [-0.25, -0.2) is 0 Å². The average Bonchev–Trinajstić information content (AvgIpc) is 2.39. The molecule has 2 rings (SSSR count). The van der Waals surface area contributed by atoms with E-state index >= 15 is 0 Å². The van der Waals surface area contributed by atoms with Crippen LogP contribution in [0.25, 0.3) is 0 Å². The summed E-state index contributed by atoms with van der Waals surface area (Å²) in [5.41, 5.74) is 1.27. The van der Waals surface area contributed by atoms with Crippen LogP contribution in [0.2, 0.25) is 0 Å². The van der Waals surface area contributed by atoms with Crippen molar-refractivity contribution >= 4 is 0 Å². The van der Waals surface area contributed by atoms with Crippen molar-refractivity contribution in [2.24, 2.45) is 0 Å². The van der Waals surface area contributed by atoms with E-state index in [1.54, 1.807) is 0 Å². The highest BCUT2D eigenvalue weighted by Gasteiger charge is 2.16. The van der Waals surface area contributed by atoms with Crippen molar-refractivity contribution in [3.8, 4) is 0 Å². The second-order valence-corrected chi connectivity index (χ2v) is 4.44. The first-order valence-corrected chi connectivity index (χ1v) is 6.39. The molecule has 1 N–H and O–H groups in total. The summed E-state index contributed by atoms with van der Waals surface area (Å²) in [5, 5.41) is 3.34. The molecule has 1 fully saturated rings. The van der Waals surface area contributed by atoms with Crippen molar-refractivity contribution < 1.29 is 9.47 Å². The number of hydrogen-bond acceptors (Lipinski definition) is 3. The molecule has 94 valence electrons. The number of nitrogens with one attached hydrogen (secondary N) is 1. The zero-order valence-electron chi connectivity index (χ0n) is 10.4. The molecular weight excluding hydrogens is 214 g/mol. The first-order valence-electron chi connectivity index (χ1n) is 6.39. The van der Waals surface area contributed by atoms with Crippen molar-refractivity contribution in [1.29, 1.82) is 0 Å². The fourth-order valence-electron chi connectivity index (χ4n) is 1.95. The second-order valence-electron chi connectivity index (χ2n) is 4.44. The summed E-state index contributed by atoms with van der Waals surface area (Å²) < 4.78 is 11.3. The average molecular weight is 235 g/mol. The van der Waals surface area contributed by atoms with Crippen LogP contribution in [0.1, 0.15) is 31.7 Å². The van der Waals surface area contributed by atoms with Gasteiger partial charge in [-0.2, -0.15) is 0 Å². The Bertz CT molecular complexity index is 309. The van der Waals surface area contributed by atoms with E-state index in [4.69, 9.17) is 9.47 Å². The van der Waals surface area contributed by atoms with Crippen molar-refractivity contribution in [3.63, 3.8) is 0 Å². The van der Waals surface area contributed by atoms with Gasteiger partial charge in [0, 0.05) is 13.2 Å². The topological polar surface area (TPSA) is 30.5 Å². The molecule has 1 aliphatic heterocycles. The molecule has 17 heavy (non-hydrogen) atoms. The highest BCUT2D eigenvalue weighted by Crippen LogP contribution is 2.14. The predicted molar refractivity (Wildman–Crippen MR) is 67.4 cm³/mol. The molecule has 0 unspecified atom stereocenters. The Labute approximate surface area is 103 Å². The normalized spacial score (nSPS) is 22.3. The van der Waals surface area contributed by atoms with Gasteiger partial charge < -0.3 is 9.47 Å². The molecule has 0 saturated carbocycles. The molecular formula is C14H21NO2. The zero-order valence-corrected chi connectivity index (χ0v) is 10.4. The van der Waals surface area contributed by atoms with Gasteiger partial charge in [-0.15, -0.1) is 0 Å². The number of hydrogen-bond donors (Lipinski definition) is 1. The SMILES string of the molecule is C[C@H](NCc1ccccc1)O[C@@H]1CCCCO1. The van der Waals surface area contributed by atoms with E-state index < -0.39 is 0 Å². The molecule has 3 nitrogen and oxygen atoms in total. The van der Waals surface area contributed by atoms with Crippen LogP contribution in [0.4, 0.5) is 0 Å².